The Kier molecular flexibility index (Phi) is 4.69. The highest BCUT2D eigenvalue weighted by Crippen LogP contribution is 2.20. The third-order valence-corrected chi connectivity index (χ3v) is 3.85. The van der Waals surface area contributed by atoms with Crippen molar-refractivity contribution < 1.29 is 9.90 Å². The van der Waals surface area contributed by atoms with E-state index in [-0.39, 0.29) is 30.4 Å². The van der Waals surface area contributed by atoms with Crippen LogP contribution in [0, 0.1) is 5.92 Å². The van der Waals surface area contributed by atoms with E-state index in [9.17, 15) is 9.90 Å². The third-order valence-electron chi connectivity index (χ3n) is 3.85. The predicted molar refractivity (Wildman–Crippen MR) is 72.9 cm³/mol. The number of amides is 1. The van der Waals surface area contributed by atoms with Crippen LogP contribution in [0.5, 0.6) is 0 Å². The molecule has 2 rings (SSSR count). The van der Waals surface area contributed by atoms with E-state index in [0.29, 0.717) is 6.54 Å². The van der Waals surface area contributed by atoms with Gasteiger partial charge >= 0.3 is 0 Å². The van der Waals surface area contributed by atoms with Gasteiger partial charge in [0.2, 0.25) is 5.91 Å². The highest BCUT2D eigenvalue weighted by molar-refractivity contribution is 5.76. The zero-order chi connectivity index (χ0) is 14.7. The summed E-state index contributed by atoms with van der Waals surface area (Å²) in [5.74, 6) is 1.10. The van der Waals surface area contributed by atoms with E-state index in [4.69, 9.17) is 0 Å². The standard InChI is InChI=1S/C13H23N5O2/c1-9(2)13-14-15-16-18(13)8-12(20)17-6-4-5-11(7-17)10(3)19/h9-11,19H,4-8H2,1-3H3. The van der Waals surface area contributed by atoms with Gasteiger partial charge in [-0.15, -0.1) is 5.10 Å². The van der Waals surface area contributed by atoms with Gasteiger partial charge in [-0.05, 0) is 30.2 Å². The van der Waals surface area contributed by atoms with Gasteiger partial charge in [-0.3, -0.25) is 4.79 Å². The number of rotatable bonds is 4. The SMILES string of the molecule is CC(C)c1nnnn1CC(=O)N1CCCC(C(C)O)C1. The maximum Gasteiger partial charge on any atom is 0.244 e. The maximum atomic E-state index is 12.3. The number of aliphatic hydroxyl groups excluding tert-OH is 1. The minimum absolute atomic E-state index is 0.0181. The molecule has 1 saturated heterocycles. The van der Waals surface area contributed by atoms with Crippen LogP contribution in [-0.2, 0) is 11.3 Å². The number of nitrogens with zero attached hydrogens (tertiary/aromatic N) is 5. The molecule has 0 spiro atoms. The van der Waals surface area contributed by atoms with Gasteiger partial charge in [0.15, 0.2) is 5.82 Å². The molecular formula is C13H23N5O2. The second kappa shape index (κ2) is 6.30. The van der Waals surface area contributed by atoms with E-state index >= 15 is 0 Å². The van der Waals surface area contributed by atoms with Crippen molar-refractivity contribution in [3.63, 3.8) is 0 Å². The van der Waals surface area contributed by atoms with Gasteiger partial charge in [-0.25, -0.2) is 4.68 Å². The number of carbonyl (C=O) groups is 1. The van der Waals surface area contributed by atoms with E-state index in [1.54, 1.807) is 11.6 Å². The van der Waals surface area contributed by atoms with Crippen molar-refractivity contribution in [2.45, 2.75) is 52.2 Å². The second-order valence-electron chi connectivity index (χ2n) is 5.83. The fourth-order valence-electron chi connectivity index (χ4n) is 2.60. The summed E-state index contributed by atoms with van der Waals surface area (Å²) in [7, 11) is 0. The van der Waals surface area contributed by atoms with Crippen LogP contribution in [0.3, 0.4) is 0 Å². The molecule has 1 aromatic rings. The molecule has 2 heterocycles. The number of tetrazole rings is 1. The maximum absolute atomic E-state index is 12.3. The summed E-state index contributed by atoms with van der Waals surface area (Å²) in [5, 5.41) is 21.1. The minimum Gasteiger partial charge on any atom is -0.393 e. The molecule has 20 heavy (non-hydrogen) atoms. The van der Waals surface area contributed by atoms with Crippen molar-refractivity contribution in [2.24, 2.45) is 5.92 Å². The van der Waals surface area contributed by atoms with Crippen LogP contribution in [-0.4, -0.2) is 55.3 Å². The number of carbonyl (C=O) groups excluding carboxylic acids is 1. The van der Waals surface area contributed by atoms with E-state index in [1.807, 2.05) is 18.7 Å². The monoisotopic (exact) mass is 281 g/mol. The Morgan fingerprint density at radius 2 is 2.20 bits per heavy atom. The number of hydrogen-bond acceptors (Lipinski definition) is 5. The summed E-state index contributed by atoms with van der Waals surface area (Å²) in [6, 6.07) is 0. The average Bonchev–Trinajstić information content (AvgIpc) is 2.87. The summed E-state index contributed by atoms with van der Waals surface area (Å²) >= 11 is 0. The van der Waals surface area contributed by atoms with Gasteiger partial charge in [-0.2, -0.15) is 0 Å². The molecule has 1 amide bonds. The summed E-state index contributed by atoms with van der Waals surface area (Å²) in [4.78, 5) is 14.1. The molecule has 1 fully saturated rings. The molecule has 1 aliphatic rings. The molecule has 2 unspecified atom stereocenters. The zero-order valence-electron chi connectivity index (χ0n) is 12.4. The fraction of sp³-hybridized carbons (Fsp3) is 0.846. The lowest BCUT2D eigenvalue weighted by atomic mass is 9.93. The number of aromatic nitrogens is 4. The summed E-state index contributed by atoms with van der Waals surface area (Å²) in [6.45, 7) is 7.33. The Morgan fingerprint density at radius 3 is 2.85 bits per heavy atom. The highest BCUT2D eigenvalue weighted by atomic mass is 16.3. The molecule has 0 aromatic carbocycles. The summed E-state index contributed by atoms with van der Waals surface area (Å²) in [6.07, 6.45) is 1.54. The largest absolute Gasteiger partial charge is 0.393 e. The Hall–Kier alpha value is -1.50. The Labute approximate surface area is 119 Å². The quantitative estimate of drug-likeness (QED) is 0.864. The van der Waals surface area contributed by atoms with Gasteiger partial charge in [0.05, 0.1) is 6.10 Å². The molecule has 0 aliphatic carbocycles. The third kappa shape index (κ3) is 3.33. The Morgan fingerprint density at radius 1 is 1.45 bits per heavy atom. The first-order valence-electron chi connectivity index (χ1n) is 7.21. The number of likely N-dealkylation sites (tertiary alicyclic amines) is 1. The Balaban J connectivity index is 1.99. The molecule has 0 bridgehead atoms. The van der Waals surface area contributed by atoms with Gasteiger partial charge in [0.25, 0.3) is 0 Å². The second-order valence-corrected chi connectivity index (χ2v) is 5.83. The van der Waals surface area contributed by atoms with E-state index < -0.39 is 0 Å². The predicted octanol–water partition coefficient (Wildman–Crippen LogP) is 0.416. The zero-order valence-corrected chi connectivity index (χ0v) is 12.4. The van der Waals surface area contributed by atoms with Crippen LogP contribution < -0.4 is 0 Å². The van der Waals surface area contributed by atoms with Crippen LogP contribution in [0.1, 0.15) is 45.4 Å². The first-order chi connectivity index (χ1) is 9.49. The van der Waals surface area contributed by atoms with Crippen LogP contribution in [0.25, 0.3) is 0 Å². The van der Waals surface area contributed by atoms with Crippen LogP contribution in [0.2, 0.25) is 0 Å². The number of hydrogen-bond donors (Lipinski definition) is 1. The topological polar surface area (TPSA) is 84.1 Å². The van der Waals surface area contributed by atoms with E-state index in [1.165, 1.54) is 0 Å². The van der Waals surface area contributed by atoms with Gasteiger partial charge in [0.1, 0.15) is 6.54 Å². The molecule has 1 aromatic heterocycles. The normalized spacial score (nSPS) is 21.2. The summed E-state index contributed by atoms with van der Waals surface area (Å²) in [5.41, 5.74) is 0. The lowest BCUT2D eigenvalue weighted by Crippen LogP contribution is -2.44. The molecular weight excluding hydrogens is 258 g/mol. The van der Waals surface area contributed by atoms with Crippen molar-refractivity contribution in [3.05, 3.63) is 5.82 Å². The molecule has 1 aliphatic heterocycles. The van der Waals surface area contributed by atoms with Crippen molar-refractivity contribution in [3.8, 4) is 0 Å². The van der Waals surface area contributed by atoms with E-state index in [2.05, 4.69) is 15.5 Å². The van der Waals surface area contributed by atoms with Gasteiger partial charge in [-0.1, -0.05) is 13.8 Å². The van der Waals surface area contributed by atoms with Crippen molar-refractivity contribution in [1.29, 1.82) is 0 Å². The minimum atomic E-state index is -0.370. The highest BCUT2D eigenvalue weighted by Gasteiger charge is 2.27. The van der Waals surface area contributed by atoms with Crippen molar-refractivity contribution in [2.75, 3.05) is 13.1 Å². The molecule has 7 nitrogen and oxygen atoms in total. The van der Waals surface area contributed by atoms with Crippen LogP contribution in [0.4, 0.5) is 0 Å². The molecule has 112 valence electrons. The fourth-order valence-corrected chi connectivity index (χ4v) is 2.60. The first kappa shape index (κ1) is 14.9. The number of piperidine rings is 1. The Bertz CT molecular complexity index is 457. The molecule has 7 heteroatoms. The molecule has 0 saturated carbocycles. The lowest BCUT2D eigenvalue weighted by molar-refractivity contribution is -0.134. The molecule has 0 radical (unpaired) electrons. The van der Waals surface area contributed by atoms with Gasteiger partial charge in [0, 0.05) is 24.9 Å². The summed E-state index contributed by atoms with van der Waals surface area (Å²) < 4.78 is 1.57. The van der Waals surface area contributed by atoms with Crippen LogP contribution >= 0.6 is 0 Å². The van der Waals surface area contributed by atoms with Gasteiger partial charge < -0.3 is 10.0 Å². The smallest absolute Gasteiger partial charge is 0.244 e. The molecule has 1 N–H and O–H groups in total. The van der Waals surface area contributed by atoms with Crippen molar-refractivity contribution in [1.82, 2.24) is 25.1 Å². The lowest BCUT2D eigenvalue weighted by Gasteiger charge is -2.34. The average molecular weight is 281 g/mol. The van der Waals surface area contributed by atoms with Crippen LogP contribution in [0.15, 0.2) is 0 Å². The van der Waals surface area contributed by atoms with Crippen molar-refractivity contribution >= 4 is 5.91 Å². The first-order valence-corrected chi connectivity index (χ1v) is 7.21. The van der Waals surface area contributed by atoms with E-state index in [0.717, 1.165) is 25.2 Å². The molecule has 2 atom stereocenters. The number of aliphatic hydroxyl groups is 1.